The van der Waals surface area contributed by atoms with Crippen molar-refractivity contribution in [3.05, 3.63) is 88.1 Å². The Morgan fingerprint density at radius 1 is 0.974 bits per heavy atom. The van der Waals surface area contributed by atoms with Gasteiger partial charge >= 0.3 is 5.97 Å². The molecule has 3 N–H and O–H groups in total. The number of esters is 1. The molecule has 4 aromatic rings. The zero-order valence-corrected chi connectivity index (χ0v) is 21.7. The molecule has 1 aromatic heterocycles. The van der Waals surface area contributed by atoms with Crippen LogP contribution in [0.4, 0.5) is 0 Å². The fraction of sp³-hybridized carbons (Fsp3) is 0.200. The maximum atomic E-state index is 13.2. The summed E-state index contributed by atoms with van der Waals surface area (Å²) >= 11 is 0. The number of methoxy groups -OCH3 is 2. The second-order valence-electron chi connectivity index (χ2n) is 8.99. The van der Waals surface area contributed by atoms with E-state index < -0.39 is 34.6 Å². The van der Waals surface area contributed by atoms with E-state index in [9.17, 15) is 24.9 Å². The number of fused-ring (bicyclic) bond motifs is 1. The average Bonchev–Trinajstić information content (AvgIpc) is 2.94. The fourth-order valence-corrected chi connectivity index (χ4v) is 4.30. The predicted octanol–water partition coefficient (Wildman–Crippen LogP) is 5.24. The van der Waals surface area contributed by atoms with Crippen LogP contribution in [0.2, 0.25) is 0 Å². The lowest BCUT2D eigenvalue weighted by Gasteiger charge is -2.22. The summed E-state index contributed by atoms with van der Waals surface area (Å²) in [5.41, 5.74) is 0.893. The summed E-state index contributed by atoms with van der Waals surface area (Å²) < 4.78 is 22.2. The molecule has 39 heavy (non-hydrogen) atoms. The number of ether oxygens (including phenoxy) is 3. The minimum atomic E-state index is -0.996. The van der Waals surface area contributed by atoms with Gasteiger partial charge in [-0.1, -0.05) is 43.0 Å². The van der Waals surface area contributed by atoms with Gasteiger partial charge in [-0.05, 0) is 30.2 Å². The molecule has 4 rings (SSSR count). The highest BCUT2D eigenvalue weighted by molar-refractivity contribution is 5.93. The molecule has 0 unspecified atom stereocenters. The van der Waals surface area contributed by atoms with E-state index in [0.29, 0.717) is 22.6 Å². The molecule has 0 fully saturated rings. The first kappa shape index (κ1) is 27.1. The smallest absolute Gasteiger partial charge is 0.306 e. The summed E-state index contributed by atoms with van der Waals surface area (Å²) in [6, 6.07) is 14.8. The molecule has 0 amide bonds. The van der Waals surface area contributed by atoms with Gasteiger partial charge < -0.3 is 33.9 Å². The normalized spacial score (nSPS) is 11.7. The number of benzene rings is 3. The van der Waals surface area contributed by atoms with Crippen LogP contribution >= 0.6 is 0 Å². The minimum Gasteiger partial charge on any atom is -0.504 e. The van der Waals surface area contributed by atoms with Crippen molar-refractivity contribution >= 4 is 16.9 Å². The van der Waals surface area contributed by atoms with Gasteiger partial charge in [0, 0.05) is 23.1 Å². The molecule has 0 radical (unpaired) electrons. The van der Waals surface area contributed by atoms with Crippen LogP contribution in [0, 0.1) is 0 Å². The van der Waals surface area contributed by atoms with Gasteiger partial charge in [-0.2, -0.15) is 0 Å². The van der Waals surface area contributed by atoms with Crippen LogP contribution in [0.1, 0.15) is 30.4 Å². The van der Waals surface area contributed by atoms with Gasteiger partial charge in [0.05, 0.1) is 20.6 Å². The van der Waals surface area contributed by atoms with E-state index in [0.717, 1.165) is 5.57 Å². The average molecular weight is 533 g/mol. The summed E-state index contributed by atoms with van der Waals surface area (Å²) in [6.45, 7) is 5.89. The second kappa shape index (κ2) is 11.2. The maximum Gasteiger partial charge on any atom is 0.306 e. The van der Waals surface area contributed by atoms with Crippen molar-refractivity contribution in [3.63, 3.8) is 0 Å². The molecular weight excluding hydrogens is 504 g/mol. The number of aromatic hydroxyl groups is 3. The number of hydrogen-bond acceptors (Lipinski definition) is 9. The highest BCUT2D eigenvalue weighted by Gasteiger charge is 2.31. The Morgan fingerprint density at radius 2 is 1.69 bits per heavy atom. The Labute approximate surface area is 224 Å². The zero-order chi connectivity index (χ0) is 28.3. The van der Waals surface area contributed by atoms with Crippen molar-refractivity contribution in [3.8, 4) is 40.1 Å². The minimum absolute atomic E-state index is 0.0850. The van der Waals surface area contributed by atoms with Crippen molar-refractivity contribution in [2.24, 2.45) is 0 Å². The van der Waals surface area contributed by atoms with Crippen molar-refractivity contribution in [2.45, 2.75) is 19.3 Å². The van der Waals surface area contributed by atoms with Gasteiger partial charge in [0.1, 0.15) is 23.3 Å². The van der Waals surface area contributed by atoms with Crippen LogP contribution in [0.15, 0.2) is 76.0 Å². The zero-order valence-electron chi connectivity index (χ0n) is 21.7. The SMILES string of the molecule is C=C(C)COc1ccc([C@@H](CC(=O)OC)c2c(O)c(O)c(O)c3c(=O)cc(-c4ccccc4)oc23)cc1OC. The summed E-state index contributed by atoms with van der Waals surface area (Å²) in [6.07, 6.45) is -0.308. The Balaban J connectivity index is 2.01. The molecule has 1 atom stereocenters. The van der Waals surface area contributed by atoms with E-state index in [2.05, 4.69) is 6.58 Å². The first-order valence-corrected chi connectivity index (χ1v) is 12.0. The molecule has 0 aliphatic rings. The number of carbonyl (C=O) groups excluding carboxylic acids is 1. The number of phenolic OH excluding ortho intramolecular Hbond substituents is 3. The van der Waals surface area contributed by atoms with Gasteiger partial charge in [0.15, 0.2) is 28.4 Å². The lowest BCUT2D eigenvalue weighted by atomic mass is 9.86. The largest absolute Gasteiger partial charge is 0.504 e. The first-order valence-electron chi connectivity index (χ1n) is 12.0. The molecule has 3 aromatic carbocycles. The number of hydrogen-bond donors (Lipinski definition) is 3. The molecule has 1 heterocycles. The van der Waals surface area contributed by atoms with Gasteiger partial charge in [0.2, 0.25) is 5.75 Å². The van der Waals surface area contributed by atoms with Gasteiger partial charge in [-0.25, -0.2) is 0 Å². The molecule has 9 nitrogen and oxygen atoms in total. The third kappa shape index (κ3) is 5.38. The third-order valence-corrected chi connectivity index (χ3v) is 6.20. The maximum absolute atomic E-state index is 13.2. The lowest BCUT2D eigenvalue weighted by molar-refractivity contribution is -0.140. The monoisotopic (exact) mass is 532 g/mol. The van der Waals surface area contributed by atoms with E-state index in [-0.39, 0.29) is 35.3 Å². The van der Waals surface area contributed by atoms with Crippen molar-refractivity contribution < 1.29 is 38.7 Å². The van der Waals surface area contributed by atoms with Crippen molar-refractivity contribution in [1.82, 2.24) is 0 Å². The van der Waals surface area contributed by atoms with Gasteiger partial charge in [0.25, 0.3) is 0 Å². The standard InChI is InChI=1S/C30H28O9/c1-16(2)15-38-21-11-10-18(12-23(21)36-3)19(13-24(32)37-4)25-27(33)29(35)28(34)26-20(31)14-22(39-30(25)26)17-8-6-5-7-9-17/h5-12,14,19,33-35H,1,13,15H2,2-4H3/t19-/m1/s1. The molecule has 9 heteroatoms. The molecular formula is C30H28O9. The quantitative estimate of drug-likeness (QED) is 0.150. The molecule has 0 saturated carbocycles. The number of rotatable bonds is 9. The van der Waals surface area contributed by atoms with E-state index in [4.69, 9.17) is 18.6 Å². The molecule has 0 bridgehead atoms. The summed E-state index contributed by atoms with van der Waals surface area (Å²) in [5.74, 6) is -3.21. The molecule has 202 valence electrons. The summed E-state index contributed by atoms with van der Waals surface area (Å²) in [4.78, 5) is 25.7. The highest BCUT2D eigenvalue weighted by Crippen LogP contribution is 2.50. The Hall–Kier alpha value is -4.92. The topological polar surface area (TPSA) is 136 Å². The van der Waals surface area contributed by atoms with Gasteiger partial charge in [-0.3, -0.25) is 9.59 Å². The highest BCUT2D eigenvalue weighted by atomic mass is 16.5. The lowest BCUT2D eigenvalue weighted by Crippen LogP contribution is -2.13. The summed E-state index contributed by atoms with van der Waals surface area (Å²) in [5, 5.41) is 31.9. The Kier molecular flexibility index (Phi) is 7.80. The van der Waals surface area contributed by atoms with Crippen LogP contribution in [-0.2, 0) is 9.53 Å². The molecule has 0 saturated heterocycles. The Bertz CT molecular complexity index is 1600. The van der Waals surface area contributed by atoms with Crippen LogP contribution in [0.3, 0.4) is 0 Å². The second-order valence-corrected chi connectivity index (χ2v) is 8.99. The molecule has 0 aliphatic heterocycles. The van der Waals surface area contributed by atoms with E-state index >= 15 is 0 Å². The van der Waals surface area contributed by atoms with Crippen molar-refractivity contribution in [2.75, 3.05) is 20.8 Å². The Morgan fingerprint density at radius 3 is 2.33 bits per heavy atom. The number of phenols is 3. The number of carbonyl (C=O) groups is 1. The van der Waals surface area contributed by atoms with Gasteiger partial charge in [-0.15, -0.1) is 0 Å². The predicted molar refractivity (Wildman–Crippen MR) is 145 cm³/mol. The van der Waals surface area contributed by atoms with Crippen LogP contribution < -0.4 is 14.9 Å². The van der Waals surface area contributed by atoms with Crippen molar-refractivity contribution in [1.29, 1.82) is 0 Å². The molecule has 0 spiro atoms. The summed E-state index contributed by atoms with van der Waals surface area (Å²) in [7, 11) is 2.67. The first-order chi connectivity index (χ1) is 18.7. The van der Waals surface area contributed by atoms with E-state index in [1.54, 1.807) is 48.5 Å². The third-order valence-electron chi connectivity index (χ3n) is 6.20. The van der Waals surface area contributed by atoms with Crippen LogP contribution in [0.5, 0.6) is 28.7 Å². The fourth-order valence-electron chi connectivity index (χ4n) is 4.30. The van der Waals surface area contributed by atoms with Crippen LogP contribution in [0.25, 0.3) is 22.3 Å². The van der Waals surface area contributed by atoms with Crippen LogP contribution in [-0.4, -0.2) is 42.1 Å². The van der Waals surface area contributed by atoms with E-state index in [1.807, 2.05) is 6.92 Å². The molecule has 0 aliphatic carbocycles. The van der Waals surface area contributed by atoms with E-state index in [1.165, 1.54) is 20.3 Å².